The Kier molecular flexibility index (Phi) is 4.84. The fraction of sp³-hybridized carbons (Fsp3) is 0.538. The van der Waals surface area contributed by atoms with E-state index in [1.54, 1.807) is 6.33 Å². The number of hydrogen-bond acceptors (Lipinski definition) is 5. The van der Waals surface area contributed by atoms with Gasteiger partial charge in [0.1, 0.15) is 17.0 Å². The summed E-state index contributed by atoms with van der Waals surface area (Å²) in [4.78, 5) is 17.2. The second-order valence-corrected chi connectivity index (χ2v) is 5.50. The number of thiazole rings is 1. The van der Waals surface area contributed by atoms with E-state index in [0.717, 1.165) is 29.5 Å². The molecule has 6 nitrogen and oxygen atoms in total. The summed E-state index contributed by atoms with van der Waals surface area (Å²) in [6.07, 6.45) is 3.24. The molecule has 1 amide bonds. The number of aryl methyl sites for hydroxylation is 3. The van der Waals surface area contributed by atoms with Gasteiger partial charge in [-0.1, -0.05) is 6.92 Å². The van der Waals surface area contributed by atoms with Crippen LogP contribution >= 0.6 is 11.3 Å². The highest BCUT2D eigenvalue weighted by molar-refractivity contribution is 7.13. The lowest BCUT2D eigenvalue weighted by Crippen LogP contribution is -2.26. The molecule has 0 fully saturated rings. The van der Waals surface area contributed by atoms with Crippen LogP contribution in [-0.4, -0.2) is 32.2 Å². The van der Waals surface area contributed by atoms with Gasteiger partial charge in [-0.2, -0.15) is 0 Å². The maximum absolute atomic E-state index is 12.1. The van der Waals surface area contributed by atoms with Crippen molar-refractivity contribution in [2.75, 3.05) is 6.54 Å². The van der Waals surface area contributed by atoms with Crippen LogP contribution in [0, 0.1) is 6.92 Å². The van der Waals surface area contributed by atoms with Gasteiger partial charge in [0.15, 0.2) is 0 Å². The third-order valence-corrected chi connectivity index (χ3v) is 4.32. The molecule has 0 aliphatic rings. The monoisotopic (exact) mass is 293 g/mol. The molecule has 2 aromatic heterocycles. The Morgan fingerprint density at radius 1 is 1.45 bits per heavy atom. The van der Waals surface area contributed by atoms with E-state index in [2.05, 4.69) is 20.5 Å². The minimum Gasteiger partial charge on any atom is -0.351 e. The van der Waals surface area contributed by atoms with Crippen molar-refractivity contribution in [3.8, 4) is 0 Å². The Labute approximate surface area is 122 Å². The van der Waals surface area contributed by atoms with Crippen molar-refractivity contribution in [1.82, 2.24) is 25.1 Å². The van der Waals surface area contributed by atoms with Crippen molar-refractivity contribution in [2.24, 2.45) is 0 Å². The normalized spacial score (nSPS) is 10.8. The largest absolute Gasteiger partial charge is 0.351 e. The standard InChI is InChI=1S/C13H19N5OS/c1-4-11-16-9(3)12(20-11)13(19)14-7-6-10-17-15-8-18(10)5-2/h8H,4-7H2,1-3H3,(H,14,19). The summed E-state index contributed by atoms with van der Waals surface area (Å²) in [5, 5.41) is 11.8. The van der Waals surface area contributed by atoms with Crippen molar-refractivity contribution in [3.05, 3.63) is 27.7 Å². The summed E-state index contributed by atoms with van der Waals surface area (Å²) in [5.41, 5.74) is 0.807. The van der Waals surface area contributed by atoms with Crippen LogP contribution in [0.15, 0.2) is 6.33 Å². The number of rotatable bonds is 6. The van der Waals surface area contributed by atoms with E-state index in [0.29, 0.717) is 17.8 Å². The number of aromatic nitrogens is 4. The molecule has 7 heteroatoms. The quantitative estimate of drug-likeness (QED) is 0.878. The van der Waals surface area contributed by atoms with E-state index >= 15 is 0 Å². The van der Waals surface area contributed by atoms with Crippen molar-refractivity contribution in [2.45, 2.75) is 40.2 Å². The molecule has 2 heterocycles. The second kappa shape index (κ2) is 6.60. The Bertz CT molecular complexity index is 589. The number of carbonyl (C=O) groups excluding carboxylic acids is 1. The summed E-state index contributed by atoms with van der Waals surface area (Å²) >= 11 is 1.47. The van der Waals surface area contributed by atoms with Crippen molar-refractivity contribution < 1.29 is 4.79 Å². The highest BCUT2D eigenvalue weighted by Crippen LogP contribution is 2.18. The van der Waals surface area contributed by atoms with Crippen molar-refractivity contribution >= 4 is 17.2 Å². The molecule has 0 unspecified atom stereocenters. The molecule has 0 saturated heterocycles. The molecule has 0 radical (unpaired) electrons. The SMILES string of the molecule is CCc1nc(C)c(C(=O)NCCc2nncn2CC)s1. The van der Waals surface area contributed by atoms with Gasteiger partial charge in [0, 0.05) is 19.5 Å². The molecule has 1 N–H and O–H groups in total. The van der Waals surface area contributed by atoms with E-state index in [1.807, 2.05) is 25.3 Å². The van der Waals surface area contributed by atoms with Crippen LogP contribution in [0.2, 0.25) is 0 Å². The van der Waals surface area contributed by atoms with E-state index < -0.39 is 0 Å². The molecular weight excluding hydrogens is 274 g/mol. The zero-order chi connectivity index (χ0) is 14.5. The molecule has 0 spiro atoms. The van der Waals surface area contributed by atoms with Gasteiger partial charge in [-0.05, 0) is 20.3 Å². The molecular formula is C13H19N5OS. The third-order valence-electron chi connectivity index (χ3n) is 3.02. The van der Waals surface area contributed by atoms with Crippen molar-refractivity contribution in [1.29, 1.82) is 0 Å². The highest BCUT2D eigenvalue weighted by Gasteiger charge is 2.14. The Balaban J connectivity index is 1.90. The molecule has 0 bridgehead atoms. The minimum absolute atomic E-state index is 0.0535. The minimum atomic E-state index is -0.0535. The van der Waals surface area contributed by atoms with Crippen LogP contribution in [0.1, 0.15) is 40.0 Å². The zero-order valence-corrected chi connectivity index (χ0v) is 12.8. The topological polar surface area (TPSA) is 72.7 Å². The Hall–Kier alpha value is -1.76. The highest BCUT2D eigenvalue weighted by atomic mass is 32.1. The molecule has 20 heavy (non-hydrogen) atoms. The average molecular weight is 293 g/mol. The summed E-state index contributed by atoms with van der Waals surface area (Å²) in [6, 6.07) is 0. The lowest BCUT2D eigenvalue weighted by atomic mass is 10.3. The van der Waals surface area contributed by atoms with Crippen LogP contribution < -0.4 is 5.32 Å². The fourth-order valence-electron chi connectivity index (χ4n) is 1.92. The third kappa shape index (κ3) is 3.22. The molecule has 0 aromatic carbocycles. The Morgan fingerprint density at radius 2 is 2.25 bits per heavy atom. The van der Waals surface area contributed by atoms with Gasteiger partial charge in [-0.15, -0.1) is 21.5 Å². The van der Waals surface area contributed by atoms with Gasteiger partial charge < -0.3 is 9.88 Å². The summed E-state index contributed by atoms with van der Waals surface area (Å²) in [6.45, 7) is 7.34. The molecule has 0 atom stereocenters. The maximum atomic E-state index is 12.1. The first-order valence-corrected chi connectivity index (χ1v) is 7.58. The van der Waals surface area contributed by atoms with Gasteiger partial charge >= 0.3 is 0 Å². The maximum Gasteiger partial charge on any atom is 0.263 e. The smallest absolute Gasteiger partial charge is 0.263 e. The summed E-state index contributed by atoms with van der Waals surface area (Å²) in [7, 11) is 0. The van der Waals surface area contributed by atoms with Crippen LogP contribution in [0.25, 0.3) is 0 Å². The van der Waals surface area contributed by atoms with Gasteiger partial charge in [0.05, 0.1) is 10.7 Å². The van der Waals surface area contributed by atoms with Crippen molar-refractivity contribution in [3.63, 3.8) is 0 Å². The van der Waals surface area contributed by atoms with Crippen LogP contribution in [0.4, 0.5) is 0 Å². The predicted octanol–water partition coefficient (Wildman–Crippen LogP) is 1.60. The molecule has 108 valence electrons. The lowest BCUT2D eigenvalue weighted by Gasteiger charge is -2.05. The number of hydrogen-bond donors (Lipinski definition) is 1. The number of nitrogens with zero attached hydrogens (tertiary/aromatic N) is 4. The second-order valence-electron chi connectivity index (χ2n) is 4.41. The molecule has 0 saturated carbocycles. The van der Waals surface area contributed by atoms with Crippen LogP contribution in [-0.2, 0) is 19.4 Å². The zero-order valence-electron chi connectivity index (χ0n) is 12.0. The lowest BCUT2D eigenvalue weighted by molar-refractivity contribution is 0.0957. The van der Waals surface area contributed by atoms with E-state index in [9.17, 15) is 4.79 Å². The molecule has 2 aromatic rings. The first-order valence-electron chi connectivity index (χ1n) is 6.76. The van der Waals surface area contributed by atoms with Gasteiger partial charge in [-0.3, -0.25) is 4.79 Å². The Morgan fingerprint density at radius 3 is 2.90 bits per heavy atom. The van der Waals surface area contributed by atoms with Gasteiger partial charge in [0.25, 0.3) is 5.91 Å². The molecule has 0 aliphatic heterocycles. The predicted molar refractivity (Wildman–Crippen MR) is 78.0 cm³/mol. The average Bonchev–Trinajstić information content (AvgIpc) is 3.04. The number of amides is 1. The van der Waals surface area contributed by atoms with Gasteiger partial charge in [-0.25, -0.2) is 4.98 Å². The molecule has 2 rings (SSSR count). The summed E-state index contributed by atoms with van der Waals surface area (Å²) in [5.74, 6) is 0.838. The molecule has 0 aliphatic carbocycles. The summed E-state index contributed by atoms with van der Waals surface area (Å²) < 4.78 is 1.97. The number of carbonyl (C=O) groups is 1. The van der Waals surface area contributed by atoms with E-state index in [-0.39, 0.29) is 5.91 Å². The van der Waals surface area contributed by atoms with E-state index in [1.165, 1.54) is 11.3 Å². The van der Waals surface area contributed by atoms with Gasteiger partial charge in [0.2, 0.25) is 0 Å². The number of nitrogens with one attached hydrogen (secondary N) is 1. The van der Waals surface area contributed by atoms with E-state index in [4.69, 9.17) is 0 Å². The van der Waals surface area contributed by atoms with Crippen LogP contribution in [0.5, 0.6) is 0 Å². The first-order chi connectivity index (χ1) is 9.65. The van der Waals surface area contributed by atoms with Crippen LogP contribution in [0.3, 0.4) is 0 Å². The fourth-order valence-corrected chi connectivity index (χ4v) is 2.84. The first kappa shape index (κ1) is 14.6.